The van der Waals surface area contributed by atoms with Crippen molar-refractivity contribution in [3.8, 4) is 0 Å². The number of aliphatic hydroxyl groups is 1. The lowest BCUT2D eigenvalue weighted by molar-refractivity contribution is 0.220. The van der Waals surface area contributed by atoms with Crippen LogP contribution in [-0.2, 0) is 0 Å². The maximum Gasteiger partial charge on any atom is 0.104 e. The van der Waals surface area contributed by atoms with Crippen LogP contribution in [-0.4, -0.2) is 5.11 Å². The fraction of sp³-hybridized carbons (Fsp3) is 0.143. The highest BCUT2D eigenvalue weighted by atomic mass is 16.3. The minimum absolute atomic E-state index is 0.583. The molecule has 2 aromatic carbocycles. The van der Waals surface area contributed by atoms with Crippen molar-refractivity contribution in [2.45, 2.75) is 13.0 Å². The van der Waals surface area contributed by atoms with E-state index < -0.39 is 6.10 Å². The van der Waals surface area contributed by atoms with E-state index in [4.69, 9.17) is 5.73 Å². The van der Waals surface area contributed by atoms with Crippen LogP contribution in [0, 0.1) is 6.92 Å². The maximum atomic E-state index is 10.2. The Labute approximate surface area is 95.4 Å². The van der Waals surface area contributed by atoms with Gasteiger partial charge < -0.3 is 10.8 Å². The predicted octanol–water partition coefficient (Wildman–Crippen LogP) is 2.66. The summed E-state index contributed by atoms with van der Waals surface area (Å²) in [7, 11) is 0. The molecule has 2 nitrogen and oxygen atoms in total. The molecule has 0 saturated carbocycles. The van der Waals surface area contributed by atoms with Gasteiger partial charge in [-0.05, 0) is 29.7 Å². The second kappa shape index (κ2) is 4.37. The molecule has 2 heteroatoms. The third-order valence-electron chi connectivity index (χ3n) is 2.72. The molecule has 2 aromatic rings. The summed E-state index contributed by atoms with van der Waals surface area (Å²) in [5, 5.41) is 10.2. The van der Waals surface area contributed by atoms with Gasteiger partial charge in [0.15, 0.2) is 0 Å². The SMILES string of the molecule is Cc1cc([C@@H](O)c2ccccc2)ccc1N. The normalized spacial score (nSPS) is 12.4. The fourth-order valence-corrected chi connectivity index (χ4v) is 1.70. The summed E-state index contributed by atoms with van der Waals surface area (Å²) in [6, 6.07) is 15.2. The number of hydrogen-bond donors (Lipinski definition) is 2. The van der Waals surface area contributed by atoms with Gasteiger partial charge in [-0.25, -0.2) is 0 Å². The van der Waals surface area contributed by atoms with Crippen LogP contribution in [0.15, 0.2) is 48.5 Å². The van der Waals surface area contributed by atoms with Gasteiger partial charge in [-0.3, -0.25) is 0 Å². The molecule has 0 aliphatic carbocycles. The first-order chi connectivity index (χ1) is 7.68. The van der Waals surface area contributed by atoms with Crippen molar-refractivity contribution in [3.05, 3.63) is 65.2 Å². The summed E-state index contributed by atoms with van der Waals surface area (Å²) in [6.07, 6.45) is -0.583. The predicted molar refractivity (Wildman–Crippen MR) is 66.1 cm³/mol. The molecule has 0 aliphatic heterocycles. The van der Waals surface area contributed by atoms with Crippen molar-refractivity contribution in [2.75, 3.05) is 5.73 Å². The summed E-state index contributed by atoms with van der Waals surface area (Å²) in [5.41, 5.74) is 9.26. The Morgan fingerprint density at radius 1 is 1.00 bits per heavy atom. The molecule has 16 heavy (non-hydrogen) atoms. The first-order valence-electron chi connectivity index (χ1n) is 5.27. The van der Waals surface area contributed by atoms with Gasteiger partial charge in [0.05, 0.1) is 0 Å². The molecule has 0 fully saturated rings. The number of aryl methyl sites for hydroxylation is 1. The van der Waals surface area contributed by atoms with Crippen LogP contribution in [0.4, 0.5) is 5.69 Å². The quantitative estimate of drug-likeness (QED) is 0.753. The molecular weight excluding hydrogens is 198 g/mol. The zero-order chi connectivity index (χ0) is 11.5. The lowest BCUT2D eigenvalue weighted by Crippen LogP contribution is -2.00. The smallest absolute Gasteiger partial charge is 0.104 e. The monoisotopic (exact) mass is 213 g/mol. The van der Waals surface area contributed by atoms with Crippen molar-refractivity contribution in [1.82, 2.24) is 0 Å². The van der Waals surface area contributed by atoms with Crippen LogP contribution >= 0.6 is 0 Å². The summed E-state index contributed by atoms with van der Waals surface area (Å²) < 4.78 is 0. The van der Waals surface area contributed by atoms with Gasteiger partial charge in [0, 0.05) is 5.69 Å². The fourth-order valence-electron chi connectivity index (χ4n) is 1.70. The van der Waals surface area contributed by atoms with E-state index in [1.54, 1.807) is 0 Å². The van der Waals surface area contributed by atoms with Crippen LogP contribution in [0.25, 0.3) is 0 Å². The zero-order valence-corrected chi connectivity index (χ0v) is 9.22. The van der Waals surface area contributed by atoms with Gasteiger partial charge >= 0.3 is 0 Å². The second-order valence-electron chi connectivity index (χ2n) is 3.93. The van der Waals surface area contributed by atoms with E-state index in [1.165, 1.54) is 0 Å². The van der Waals surface area contributed by atoms with Gasteiger partial charge in [0.25, 0.3) is 0 Å². The maximum absolute atomic E-state index is 10.2. The Hall–Kier alpha value is -1.80. The standard InChI is InChI=1S/C14H15NO/c1-10-9-12(7-8-13(10)15)14(16)11-5-3-2-4-6-11/h2-9,14,16H,15H2,1H3/t14-/m0/s1. The first-order valence-corrected chi connectivity index (χ1v) is 5.27. The molecule has 0 heterocycles. The number of aliphatic hydroxyl groups excluding tert-OH is 1. The largest absolute Gasteiger partial charge is 0.399 e. The Balaban J connectivity index is 2.34. The molecule has 0 aromatic heterocycles. The average molecular weight is 213 g/mol. The third kappa shape index (κ3) is 2.07. The topological polar surface area (TPSA) is 46.2 Å². The molecule has 1 atom stereocenters. The minimum atomic E-state index is -0.583. The zero-order valence-electron chi connectivity index (χ0n) is 9.22. The number of rotatable bonds is 2. The summed E-state index contributed by atoms with van der Waals surface area (Å²) in [4.78, 5) is 0. The van der Waals surface area contributed by atoms with E-state index in [9.17, 15) is 5.11 Å². The minimum Gasteiger partial charge on any atom is -0.399 e. The van der Waals surface area contributed by atoms with Crippen molar-refractivity contribution < 1.29 is 5.11 Å². The molecule has 3 N–H and O–H groups in total. The highest BCUT2D eigenvalue weighted by molar-refractivity contribution is 5.49. The van der Waals surface area contributed by atoms with Crippen LogP contribution in [0.2, 0.25) is 0 Å². The van der Waals surface area contributed by atoms with Crippen LogP contribution in [0.5, 0.6) is 0 Å². The number of nitrogen functional groups attached to an aromatic ring is 1. The van der Waals surface area contributed by atoms with Crippen molar-refractivity contribution in [3.63, 3.8) is 0 Å². The molecule has 0 aliphatic rings. The van der Waals surface area contributed by atoms with Gasteiger partial charge in [-0.1, -0.05) is 42.5 Å². The van der Waals surface area contributed by atoms with Gasteiger partial charge in [-0.2, -0.15) is 0 Å². The molecule has 0 unspecified atom stereocenters. The number of hydrogen-bond acceptors (Lipinski definition) is 2. The van der Waals surface area contributed by atoms with E-state index >= 15 is 0 Å². The third-order valence-corrected chi connectivity index (χ3v) is 2.72. The van der Waals surface area contributed by atoms with Crippen LogP contribution in [0.1, 0.15) is 22.8 Å². The summed E-state index contributed by atoms with van der Waals surface area (Å²) in [6.45, 7) is 1.94. The molecular formula is C14H15NO. The van der Waals surface area contributed by atoms with E-state index in [0.29, 0.717) is 0 Å². The molecule has 0 saturated heterocycles. The van der Waals surface area contributed by atoms with E-state index in [1.807, 2.05) is 55.5 Å². The highest BCUT2D eigenvalue weighted by Gasteiger charge is 2.10. The van der Waals surface area contributed by atoms with E-state index in [2.05, 4.69) is 0 Å². The molecule has 82 valence electrons. The second-order valence-corrected chi connectivity index (χ2v) is 3.93. The van der Waals surface area contributed by atoms with Crippen molar-refractivity contribution >= 4 is 5.69 Å². The lowest BCUT2D eigenvalue weighted by Gasteiger charge is -2.12. The Bertz CT molecular complexity index is 479. The lowest BCUT2D eigenvalue weighted by atomic mass is 9.99. The van der Waals surface area contributed by atoms with E-state index in [0.717, 1.165) is 22.4 Å². The number of benzene rings is 2. The molecule has 2 rings (SSSR count). The Kier molecular flexibility index (Phi) is 2.93. The molecule has 0 bridgehead atoms. The summed E-state index contributed by atoms with van der Waals surface area (Å²) >= 11 is 0. The van der Waals surface area contributed by atoms with Crippen molar-refractivity contribution in [1.29, 1.82) is 0 Å². The van der Waals surface area contributed by atoms with Crippen LogP contribution < -0.4 is 5.73 Å². The van der Waals surface area contributed by atoms with Gasteiger partial charge in [0.1, 0.15) is 6.10 Å². The molecule has 0 spiro atoms. The Morgan fingerprint density at radius 3 is 2.31 bits per heavy atom. The van der Waals surface area contributed by atoms with E-state index in [-0.39, 0.29) is 0 Å². The van der Waals surface area contributed by atoms with Crippen molar-refractivity contribution in [2.24, 2.45) is 0 Å². The van der Waals surface area contributed by atoms with Gasteiger partial charge in [0.2, 0.25) is 0 Å². The molecule has 0 amide bonds. The highest BCUT2D eigenvalue weighted by Crippen LogP contribution is 2.24. The van der Waals surface area contributed by atoms with Gasteiger partial charge in [-0.15, -0.1) is 0 Å². The molecule has 0 radical (unpaired) electrons. The first kappa shape index (κ1) is 10.7. The number of nitrogens with two attached hydrogens (primary N) is 1. The Morgan fingerprint density at radius 2 is 1.69 bits per heavy atom. The average Bonchev–Trinajstić information content (AvgIpc) is 2.33. The summed E-state index contributed by atoms with van der Waals surface area (Å²) in [5.74, 6) is 0. The number of anilines is 1. The van der Waals surface area contributed by atoms with Crippen LogP contribution in [0.3, 0.4) is 0 Å².